The molecule has 0 saturated heterocycles. The molecule has 1 aliphatic rings. The molecule has 1 aromatic carbocycles. The number of halogens is 3. The van der Waals surface area contributed by atoms with E-state index in [-0.39, 0.29) is 5.41 Å². The van der Waals surface area contributed by atoms with Gasteiger partial charge in [0.1, 0.15) is 0 Å². The van der Waals surface area contributed by atoms with Gasteiger partial charge in [-0.05, 0) is 42.9 Å². The Labute approximate surface area is 125 Å². The predicted octanol–water partition coefficient (Wildman–Crippen LogP) is 5.54. The molecule has 1 aromatic rings. The fourth-order valence-electron chi connectivity index (χ4n) is 3.04. The summed E-state index contributed by atoms with van der Waals surface area (Å²) in [7, 11) is 0. The van der Waals surface area contributed by atoms with Gasteiger partial charge in [0, 0.05) is 22.2 Å². The second-order valence-corrected chi connectivity index (χ2v) is 6.39. The van der Waals surface area contributed by atoms with Gasteiger partial charge in [-0.25, -0.2) is 0 Å². The topological polar surface area (TPSA) is 0 Å². The first kappa shape index (κ1) is 14.5. The molecule has 0 atom stereocenters. The van der Waals surface area contributed by atoms with Crippen LogP contribution in [0.2, 0.25) is 5.02 Å². The van der Waals surface area contributed by atoms with Gasteiger partial charge in [-0.2, -0.15) is 0 Å². The minimum atomic E-state index is 0.0490. The smallest absolute Gasteiger partial charge is 0.0406 e. The molecule has 1 fully saturated rings. The molecule has 18 heavy (non-hydrogen) atoms. The second kappa shape index (κ2) is 6.50. The van der Waals surface area contributed by atoms with E-state index in [0.29, 0.717) is 17.7 Å². The maximum absolute atomic E-state index is 6.28. The number of alkyl halides is 2. The Morgan fingerprint density at radius 2 is 1.56 bits per heavy atom. The Morgan fingerprint density at radius 3 is 2.06 bits per heavy atom. The van der Waals surface area contributed by atoms with Gasteiger partial charge in [-0.3, -0.25) is 0 Å². The zero-order chi connectivity index (χ0) is 13.0. The molecule has 0 nitrogen and oxygen atoms in total. The van der Waals surface area contributed by atoms with Gasteiger partial charge >= 0.3 is 0 Å². The van der Waals surface area contributed by atoms with Crippen molar-refractivity contribution in [2.75, 3.05) is 11.8 Å². The summed E-state index contributed by atoms with van der Waals surface area (Å²) in [5.41, 5.74) is 1.33. The first-order valence-corrected chi connectivity index (χ1v) is 8.01. The summed E-state index contributed by atoms with van der Waals surface area (Å²) < 4.78 is 0. The fraction of sp³-hybridized carbons (Fsp3) is 0.600. The van der Waals surface area contributed by atoms with Crippen molar-refractivity contribution in [3.63, 3.8) is 0 Å². The molecule has 0 heterocycles. The van der Waals surface area contributed by atoms with Crippen LogP contribution in [0.25, 0.3) is 0 Å². The van der Waals surface area contributed by atoms with Crippen molar-refractivity contribution in [2.45, 2.75) is 32.1 Å². The zero-order valence-corrected chi connectivity index (χ0v) is 12.7. The largest absolute Gasteiger partial charge is 0.126 e. The van der Waals surface area contributed by atoms with Crippen LogP contribution in [-0.2, 0) is 6.42 Å². The van der Waals surface area contributed by atoms with Crippen molar-refractivity contribution in [3.8, 4) is 0 Å². The van der Waals surface area contributed by atoms with Gasteiger partial charge in [-0.15, -0.1) is 23.2 Å². The summed E-state index contributed by atoms with van der Waals surface area (Å²) in [5.74, 6) is 1.95. The fourth-order valence-corrected chi connectivity index (χ4v) is 4.08. The Morgan fingerprint density at radius 1 is 1.00 bits per heavy atom. The van der Waals surface area contributed by atoms with Crippen molar-refractivity contribution < 1.29 is 0 Å². The molecule has 0 bridgehead atoms. The summed E-state index contributed by atoms with van der Waals surface area (Å²) in [6, 6.07) is 8.06. The van der Waals surface area contributed by atoms with E-state index in [1.165, 1.54) is 31.2 Å². The Bertz CT molecular complexity index is 362. The van der Waals surface area contributed by atoms with Gasteiger partial charge in [0.25, 0.3) is 0 Å². The van der Waals surface area contributed by atoms with Crippen LogP contribution in [0.3, 0.4) is 0 Å². The van der Waals surface area contributed by atoms with Crippen LogP contribution in [0.1, 0.15) is 31.2 Å². The van der Waals surface area contributed by atoms with Gasteiger partial charge in [0.2, 0.25) is 0 Å². The van der Waals surface area contributed by atoms with E-state index in [4.69, 9.17) is 34.8 Å². The molecular formula is C15H19Cl3. The average molecular weight is 306 g/mol. The predicted molar refractivity (Wildman–Crippen MR) is 81.0 cm³/mol. The molecule has 0 aliphatic heterocycles. The SMILES string of the molecule is ClCC(CCl)(Cc1ccc(Cl)cc1)C1CCCC1. The summed E-state index contributed by atoms with van der Waals surface area (Å²) in [4.78, 5) is 0. The highest BCUT2D eigenvalue weighted by Crippen LogP contribution is 2.44. The lowest BCUT2D eigenvalue weighted by atomic mass is 9.73. The van der Waals surface area contributed by atoms with Crippen LogP contribution < -0.4 is 0 Å². The molecule has 0 aromatic heterocycles. The Hall–Kier alpha value is 0.0900. The van der Waals surface area contributed by atoms with Crippen molar-refractivity contribution in [1.29, 1.82) is 0 Å². The first-order chi connectivity index (χ1) is 8.70. The van der Waals surface area contributed by atoms with Gasteiger partial charge in [0.15, 0.2) is 0 Å². The molecule has 2 rings (SSSR count). The molecule has 0 spiro atoms. The van der Waals surface area contributed by atoms with Crippen LogP contribution in [0, 0.1) is 11.3 Å². The zero-order valence-electron chi connectivity index (χ0n) is 10.5. The third-order valence-corrected chi connectivity index (χ3v) is 5.54. The van der Waals surface area contributed by atoms with Gasteiger partial charge < -0.3 is 0 Å². The maximum Gasteiger partial charge on any atom is 0.0406 e. The minimum absolute atomic E-state index is 0.0490. The maximum atomic E-state index is 6.28. The average Bonchev–Trinajstić information content (AvgIpc) is 2.93. The number of hydrogen-bond donors (Lipinski definition) is 0. The summed E-state index contributed by atoms with van der Waals surface area (Å²) in [5, 5.41) is 0.780. The molecule has 1 aliphatic carbocycles. The van der Waals surface area contributed by atoms with E-state index in [1.807, 2.05) is 12.1 Å². The van der Waals surface area contributed by atoms with Crippen molar-refractivity contribution in [2.24, 2.45) is 11.3 Å². The normalized spacial score (nSPS) is 17.3. The minimum Gasteiger partial charge on any atom is -0.126 e. The summed E-state index contributed by atoms with van der Waals surface area (Å²) in [6.45, 7) is 0. The van der Waals surface area contributed by atoms with Gasteiger partial charge in [0.05, 0.1) is 0 Å². The van der Waals surface area contributed by atoms with E-state index < -0.39 is 0 Å². The molecule has 3 heteroatoms. The lowest BCUT2D eigenvalue weighted by Crippen LogP contribution is -2.35. The third kappa shape index (κ3) is 3.15. The molecule has 0 unspecified atom stereocenters. The van der Waals surface area contributed by atoms with Crippen LogP contribution in [0.5, 0.6) is 0 Å². The quantitative estimate of drug-likeness (QED) is 0.627. The first-order valence-electron chi connectivity index (χ1n) is 6.56. The molecule has 100 valence electrons. The Balaban J connectivity index is 2.16. The van der Waals surface area contributed by atoms with E-state index >= 15 is 0 Å². The molecule has 0 radical (unpaired) electrons. The highest BCUT2D eigenvalue weighted by molar-refractivity contribution is 6.30. The van der Waals surface area contributed by atoms with E-state index in [1.54, 1.807) is 0 Å². The molecular weight excluding hydrogens is 287 g/mol. The highest BCUT2D eigenvalue weighted by Gasteiger charge is 2.38. The second-order valence-electron chi connectivity index (χ2n) is 5.41. The van der Waals surface area contributed by atoms with Crippen LogP contribution in [-0.4, -0.2) is 11.8 Å². The van der Waals surface area contributed by atoms with E-state index in [2.05, 4.69) is 12.1 Å². The molecule has 1 saturated carbocycles. The standard InChI is InChI=1S/C15H19Cl3/c16-10-15(11-17,13-3-1-2-4-13)9-12-5-7-14(18)8-6-12/h5-8,13H,1-4,9-11H2. The number of benzene rings is 1. The number of rotatable bonds is 5. The van der Waals surface area contributed by atoms with Crippen molar-refractivity contribution >= 4 is 34.8 Å². The summed E-state index contributed by atoms with van der Waals surface area (Å²) in [6.07, 6.45) is 6.14. The van der Waals surface area contributed by atoms with Crippen molar-refractivity contribution in [3.05, 3.63) is 34.9 Å². The molecule has 0 amide bonds. The van der Waals surface area contributed by atoms with Crippen molar-refractivity contribution in [1.82, 2.24) is 0 Å². The number of hydrogen-bond acceptors (Lipinski definition) is 0. The Kier molecular flexibility index (Phi) is 5.24. The van der Waals surface area contributed by atoms with Crippen LogP contribution in [0.4, 0.5) is 0 Å². The van der Waals surface area contributed by atoms with Crippen LogP contribution in [0.15, 0.2) is 24.3 Å². The van der Waals surface area contributed by atoms with E-state index in [0.717, 1.165) is 11.4 Å². The summed E-state index contributed by atoms with van der Waals surface area (Å²) >= 11 is 18.5. The lowest BCUT2D eigenvalue weighted by Gasteiger charge is -2.36. The monoisotopic (exact) mass is 304 g/mol. The van der Waals surface area contributed by atoms with E-state index in [9.17, 15) is 0 Å². The van der Waals surface area contributed by atoms with Gasteiger partial charge in [-0.1, -0.05) is 36.6 Å². The lowest BCUT2D eigenvalue weighted by molar-refractivity contribution is 0.225. The highest BCUT2D eigenvalue weighted by atomic mass is 35.5. The molecule has 0 N–H and O–H groups in total. The third-order valence-electron chi connectivity index (χ3n) is 4.22. The van der Waals surface area contributed by atoms with Crippen LogP contribution >= 0.6 is 34.8 Å².